The predicted molar refractivity (Wildman–Crippen MR) is 80.1 cm³/mol. The molecule has 1 unspecified atom stereocenters. The Kier molecular flexibility index (Phi) is 4.50. The van der Waals surface area contributed by atoms with Crippen LogP contribution in [0.25, 0.3) is 0 Å². The number of anilines is 1. The summed E-state index contributed by atoms with van der Waals surface area (Å²) < 4.78 is 0. The zero-order chi connectivity index (χ0) is 15.2. The summed E-state index contributed by atoms with van der Waals surface area (Å²) in [5.41, 5.74) is 1.29. The van der Waals surface area contributed by atoms with Crippen molar-refractivity contribution in [2.24, 2.45) is 0 Å². The van der Waals surface area contributed by atoms with Gasteiger partial charge in [0.25, 0.3) is 5.69 Å². The van der Waals surface area contributed by atoms with Gasteiger partial charge in [0.1, 0.15) is 0 Å². The molecule has 2 N–H and O–H groups in total. The standard InChI is InChI=1S/C15H15N3O3/c1-11(12-6-3-2-4-7-12)16-15(19)17-13-8-5-9-14(10-13)18(20)21/h2-11H,1H3,(H2,16,17,19). The van der Waals surface area contributed by atoms with E-state index >= 15 is 0 Å². The van der Waals surface area contributed by atoms with Gasteiger partial charge in [-0.3, -0.25) is 10.1 Å². The summed E-state index contributed by atoms with van der Waals surface area (Å²) in [6.45, 7) is 1.86. The van der Waals surface area contributed by atoms with Crippen LogP contribution in [0, 0.1) is 10.1 Å². The van der Waals surface area contributed by atoms with Crippen molar-refractivity contribution in [1.82, 2.24) is 5.32 Å². The van der Waals surface area contributed by atoms with Crippen molar-refractivity contribution in [3.05, 3.63) is 70.3 Å². The Morgan fingerprint density at radius 3 is 2.52 bits per heavy atom. The number of non-ortho nitro benzene ring substituents is 1. The molecule has 0 aliphatic heterocycles. The second kappa shape index (κ2) is 6.51. The monoisotopic (exact) mass is 285 g/mol. The maximum absolute atomic E-state index is 11.9. The molecule has 2 aromatic rings. The number of nitrogens with zero attached hydrogens (tertiary/aromatic N) is 1. The fraction of sp³-hybridized carbons (Fsp3) is 0.133. The number of hydrogen-bond donors (Lipinski definition) is 2. The first kappa shape index (κ1) is 14.5. The smallest absolute Gasteiger partial charge is 0.319 e. The Morgan fingerprint density at radius 1 is 1.14 bits per heavy atom. The molecule has 0 saturated heterocycles. The molecule has 0 heterocycles. The van der Waals surface area contributed by atoms with Crippen LogP contribution in [-0.2, 0) is 0 Å². The van der Waals surface area contributed by atoms with Crippen molar-refractivity contribution >= 4 is 17.4 Å². The lowest BCUT2D eigenvalue weighted by molar-refractivity contribution is -0.384. The maximum Gasteiger partial charge on any atom is 0.319 e. The zero-order valence-corrected chi connectivity index (χ0v) is 11.4. The number of carbonyl (C=O) groups excluding carboxylic acids is 1. The Hall–Kier alpha value is -2.89. The van der Waals surface area contributed by atoms with E-state index in [1.165, 1.54) is 18.2 Å². The molecule has 6 nitrogen and oxygen atoms in total. The van der Waals surface area contributed by atoms with Crippen molar-refractivity contribution < 1.29 is 9.72 Å². The molecule has 0 aliphatic carbocycles. The van der Waals surface area contributed by atoms with Gasteiger partial charge in [0.15, 0.2) is 0 Å². The highest BCUT2D eigenvalue weighted by Crippen LogP contribution is 2.17. The number of benzene rings is 2. The predicted octanol–water partition coefficient (Wildman–Crippen LogP) is 3.48. The van der Waals surface area contributed by atoms with E-state index in [4.69, 9.17) is 0 Å². The van der Waals surface area contributed by atoms with Crippen molar-refractivity contribution in [3.8, 4) is 0 Å². The number of hydrogen-bond acceptors (Lipinski definition) is 3. The number of urea groups is 1. The molecule has 0 spiro atoms. The average Bonchev–Trinajstić information content (AvgIpc) is 2.48. The molecule has 6 heteroatoms. The number of nitrogens with one attached hydrogen (secondary N) is 2. The van der Waals surface area contributed by atoms with Gasteiger partial charge in [0.05, 0.1) is 11.0 Å². The van der Waals surface area contributed by atoms with Gasteiger partial charge >= 0.3 is 6.03 Å². The van der Waals surface area contributed by atoms with Crippen LogP contribution in [0.5, 0.6) is 0 Å². The van der Waals surface area contributed by atoms with E-state index < -0.39 is 11.0 Å². The van der Waals surface area contributed by atoms with E-state index in [0.717, 1.165) is 5.56 Å². The average molecular weight is 285 g/mol. The molecule has 21 heavy (non-hydrogen) atoms. The van der Waals surface area contributed by atoms with Gasteiger partial charge < -0.3 is 10.6 Å². The van der Waals surface area contributed by atoms with Crippen LogP contribution in [0.4, 0.5) is 16.2 Å². The molecule has 1 atom stereocenters. The zero-order valence-electron chi connectivity index (χ0n) is 11.4. The van der Waals surface area contributed by atoms with Gasteiger partial charge in [-0.1, -0.05) is 36.4 Å². The number of nitro groups is 1. The van der Waals surface area contributed by atoms with Gasteiger partial charge in [-0.2, -0.15) is 0 Å². The molecule has 2 amide bonds. The van der Waals surface area contributed by atoms with E-state index in [1.54, 1.807) is 6.07 Å². The SMILES string of the molecule is CC(NC(=O)Nc1cccc([N+](=O)[O-])c1)c1ccccc1. The molecule has 2 rings (SSSR count). The summed E-state index contributed by atoms with van der Waals surface area (Å²) >= 11 is 0. The van der Waals surface area contributed by atoms with Gasteiger partial charge in [-0.15, -0.1) is 0 Å². The third-order valence-corrected chi connectivity index (χ3v) is 2.96. The fourth-order valence-corrected chi connectivity index (χ4v) is 1.89. The topological polar surface area (TPSA) is 84.3 Å². The molecular weight excluding hydrogens is 270 g/mol. The van der Waals surface area contributed by atoms with Crippen LogP contribution in [0.1, 0.15) is 18.5 Å². The molecule has 0 saturated carbocycles. The number of carbonyl (C=O) groups is 1. The third-order valence-electron chi connectivity index (χ3n) is 2.96. The van der Waals surface area contributed by atoms with Gasteiger partial charge in [-0.05, 0) is 18.6 Å². The van der Waals surface area contributed by atoms with E-state index in [0.29, 0.717) is 5.69 Å². The minimum Gasteiger partial charge on any atom is -0.331 e. The van der Waals surface area contributed by atoms with Crippen LogP contribution in [-0.4, -0.2) is 11.0 Å². The Morgan fingerprint density at radius 2 is 1.86 bits per heavy atom. The summed E-state index contributed by atoms with van der Waals surface area (Å²) in [5.74, 6) is 0. The Bertz CT molecular complexity index is 644. The largest absolute Gasteiger partial charge is 0.331 e. The highest BCUT2D eigenvalue weighted by atomic mass is 16.6. The molecule has 0 fully saturated rings. The van der Waals surface area contributed by atoms with Crippen molar-refractivity contribution in [1.29, 1.82) is 0 Å². The lowest BCUT2D eigenvalue weighted by Crippen LogP contribution is -2.31. The second-order valence-electron chi connectivity index (χ2n) is 4.54. The highest BCUT2D eigenvalue weighted by molar-refractivity contribution is 5.89. The van der Waals surface area contributed by atoms with E-state index in [9.17, 15) is 14.9 Å². The third kappa shape index (κ3) is 4.04. The van der Waals surface area contributed by atoms with E-state index in [1.807, 2.05) is 37.3 Å². The lowest BCUT2D eigenvalue weighted by atomic mass is 10.1. The van der Waals surface area contributed by atoms with Gasteiger partial charge in [0, 0.05) is 17.8 Å². The number of amides is 2. The van der Waals surface area contributed by atoms with Crippen LogP contribution < -0.4 is 10.6 Å². The highest BCUT2D eigenvalue weighted by Gasteiger charge is 2.11. The van der Waals surface area contributed by atoms with Crippen LogP contribution >= 0.6 is 0 Å². The quantitative estimate of drug-likeness (QED) is 0.666. The molecule has 108 valence electrons. The first-order chi connectivity index (χ1) is 10.1. The van der Waals surface area contributed by atoms with Crippen LogP contribution in [0.15, 0.2) is 54.6 Å². The molecule has 2 aromatic carbocycles. The molecule has 0 aromatic heterocycles. The van der Waals surface area contributed by atoms with E-state index in [2.05, 4.69) is 10.6 Å². The first-order valence-electron chi connectivity index (χ1n) is 6.43. The van der Waals surface area contributed by atoms with Crippen molar-refractivity contribution in [3.63, 3.8) is 0 Å². The molecule has 0 radical (unpaired) electrons. The minimum atomic E-state index is -0.504. The second-order valence-corrected chi connectivity index (χ2v) is 4.54. The van der Waals surface area contributed by atoms with Crippen molar-refractivity contribution in [2.75, 3.05) is 5.32 Å². The van der Waals surface area contributed by atoms with Crippen LogP contribution in [0.3, 0.4) is 0 Å². The van der Waals surface area contributed by atoms with Crippen LogP contribution in [0.2, 0.25) is 0 Å². The van der Waals surface area contributed by atoms with Gasteiger partial charge in [0.2, 0.25) is 0 Å². The van der Waals surface area contributed by atoms with Crippen molar-refractivity contribution in [2.45, 2.75) is 13.0 Å². The normalized spacial score (nSPS) is 11.5. The Balaban J connectivity index is 1.99. The summed E-state index contributed by atoms with van der Waals surface area (Å²) in [6, 6.07) is 14.8. The fourth-order valence-electron chi connectivity index (χ4n) is 1.89. The summed E-state index contributed by atoms with van der Waals surface area (Å²) in [7, 11) is 0. The summed E-state index contributed by atoms with van der Waals surface area (Å²) in [4.78, 5) is 22.1. The Labute approximate surface area is 121 Å². The van der Waals surface area contributed by atoms with Gasteiger partial charge in [-0.25, -0.2) is 4.79 Å². The number of nitro benzene ring substituents is 1. The molecule has 0 aliphatic rings. The lowest BCUT2D eigenvalue weighted by Gasteiger charge is -2.14. The maximum atomic E-state index is 11.9. The van der Waals surface area contributed by atoms with E-state index in [-0.39, 0.29) is 11.7 Å². The summed E-state index contributed by atoms with van der Waals surface area (Å²) in [5, 5.41) is 16.0. The first-order valence-corrected chi connectivity index (χ1v) is 6.43. The summed E-state index contributed by atoms with van der Waals surface area (Å²) in [6.07, 6.45) is 0. The molecular formula is C15H15N3O3. The minimum absolute atomic E-state index is 0.0658. The molecule has 0 bridgehead atoms. The number of rotatable bonds is 4.